The molecule has 148 valence electrons. The quantitative estimate of drug-likeness (QED) is 0.737. The highest BCUT2D eigenvalue weighted by molar-refractivity contribution is 6.34. The summed E-state index contributed by atoms with van der Waals surface area (Å²) in [6.45, 7) is 4.97. The Balaban J connectivity index is 1.84. The van der Waals surface area contributed by atoms with Crippen LogP contribution in [0.1, 0.15) is 49.0 Å². The third-order valence-electron chi connectivity index (χ3n) is 5.52. The summed E-state index contributed by atoms with van der Waals surface area (Å²) in [6, 6.07) is 14.7. The van der Waals surface area contributed by atoms with Crippen LogP contribution in [-0.2, 0) is 6.54 Å². The molecule has 0 radical (unpaired) electrons. The fourth-order valence-electron chi connectivity index (χ4n) is 3.98. The number of hydrogen-bond donors (Lipinski definition) is 2. The van der Waals surface area contributed by atoms with E-state index in [1.54, 1.807) is 12.1 Å². The number of carbonyl (C=O) groups is 2. The Labute approximate surface area is 170 Å². The van der Waals surface area contributed by atoms with E-state index in [1.165, 1.54) is 6.07 Å². The molecule has 1 aliphatic rings. The van der Waals surface area contributed by atoms with Crippen LogP contribution < -0.4 is 11.1 Å². The average Bonchev–Trinajstić information content (AvgIpc) is 2.99. The number of carbonyl (C=O) groups excluding carboxylic acids is 2. The van der Waals surface area contributed by atoms with Crippen molar-refractivity contribution < 1.29 is 9.59 Å². The predicted octanol–water partition coefficient (Wildman–Crippen LogP) is 5.05. The Bertz CT molecular complexity index is 867. The molecule has 0 saturated heterocycles. The number of primary amides is 1. The number of nitrogens with two attached hydrogens (primary N) is 1. The van der Waals surface area contributed by atoms with Crippen molar-refractivity contribution in [2.75, 3.05) is 5.32 Å². The van der Waals surface area contributed by atoms with E-state index < -0.39 is 5.91 Å². The van der Waals surface area contributed by atoms with Crippen LogP contribution in [0, 0.1) is 5.41 Å². The molecule has 28 heavy (non-hydrogen) atoms. The first-order valence-electron chi connectivity index (χ1n) is 9.49. The van der Waals surface area contributed by atoms with Crippen molar-refractivity contribution in [3.05, 3.63) is 64.7 Å². The van der Waals surface area contributed by atoms with Crippen molar-refractivity contribution in [2.24, 2.45) is 11.1 Å². The maximum atomic E-state index is 13.2. The van der Waals surface area contributed by atoms with Crippen LogP contribution in [-0.4, -0.2) is 22.9 Å². The normalized spacial score (nSPS) is 17.9. The molecule has 0 bridgehead atoms. The molecule has 1 fully saturated rings. The fourth-order valence-corrected chi connectivity index (χ4v) is 4.25. The number of hydrogen-bond acceptors (Lipinski definition) is 2. The van der Waals surface area contributed by atoms with Crippen LogP contribution in [0.15, 0.2) is 48.5 Å². The zero-order valence-electron chi connectivity index (χ0n) is 16.2. The van der Waals surface area contributed by atoms with E-state index in [0.717, 1.165) is 24.8 Å². The molecule has 1 atom stereocenters. The Morgan fingerprint density at radius 3 is 2.50 bits per heavy atom. The van der Waals surface area contributed by atoms with Gasteiger partial charge in [0.25, 0.3) is 0 Å². The third-order valence-corrected chi connectivity index (χ3v) is 5.83. The maximum absolute atomic E-state index is 13.2. The van der Waals surface area contributed by atoms with Gasteiger partial charge in [-0.15, -0.1) is 0 Å². The molecule has 2 aromatic rings. The largest absolute Gasteiger partial charge is 0.366 e. The molecular formula is C22H26ClN3O2. The maximum Gasteiger partial charge on any atom is 0.322 e. The lowest BCUT2D eigenvalue weighted by molar-refractivity contribution is 0.100. The number of nitrogens with zero attached hydrogens (tertiary/aromatic N) is 1. The standard InChI is InChI=1S/C22H26ClN3O2/c1-22(2)12-6-9-19(22)26(14-15-7-4-3-5-8-15)21(28)25-16-10-11-17(20(24)27)18(23)13-16/h3-5,7-8,10-11,13,19H,6,9,12,14H2,1-2H3,(H2,24,27)(H,25,28)/t19-/m1/s1. The van der Waals surface area contributed by atoms with Gasteiger partial charge in [-0.05, 0) is 42.0 Å². The summed E-state index contributed by atoms with van der Waals surface area (Å²) >= 11 is 6.12. The third kappa shape index (κ3) is 4.47. The van der Waals surface area contributed by atoms with E-state index in [2.05, 4.69) is 19.2 Å². The number of rotatable bonds is 5. The fraction of sp³-hybridized carbons (Fsp3) is 0.364. The van der Waals surface area contributed by atoms with E-state index in [4.69, 9.17) is 17.3 Å². The molecule has 0 aromatic heterocycles. The zero-order valence-corrected chi connectivity index (χ0v) is 17.0. The summed E-state index contributed by atoms with van der Waals surface area (Å²) in [7, 11) is 0. The SMILES string of the molecule is CC1(C)CCC[C@H]1N(Cc1ccccc1)C(=O)Nc1ccc(C(N)=O)c(Cl)c1. The Morgan fingerprint density at radius 1 is 1.21 bits per heavy atom. The molecular weight excluding hydrogens is 374 g/mol. The van der Waals surface area contributed by atoms with Gasteiger partial charge in [-0.25, -0.2) is 4.79 Å². The molecule has 3 rings (SSSR count). The van der Waals surface area contributed by atoms with Gasteiger partial charge in [-0.1, -0.05) is 62.2 Å². The van der Waals surface area contributed by atoms with Gasteiger partial charge in [-0.2, -0.15) is 0 Å². The first-order valence-corrected chi connectivity index (χ1v) is 9.86. The molecule has 0 aliphatic heterocycles. The second-order valence-corrected chi connectivity index (χ2v) is 8.41. The number of nitrogens with one attached hydrogen (secondary N) is 1. The lowest BCUT2D eigenvalue weighted by atomic mass is 9.86. The number of urea groups is 1. The molecule has 0 spiro atoms. The predicted molar refractivity (Wildman–Crippen MR) is 112 cm³/mol. The summed E-state index contributed by atoms with van der Waals surface area (Å²) in [5, 5.41) is 3.16. The molecule has 3 amide bonds. The first kappa shape index (κ1) is 20.2. The van der Waals surface area contributed by atoms with Crippen molar-refractivity contribution in [3.63, 3.8) is 0 Å². The van der Waals surface area contributed by atoms with Gasteiger partial charge in [0.2, 0.25) is 5.91 Å². The lowest BCUT2D eigenvalue weighted by Crippen LogP contribution is -2.47. The topological polar surface area (TPSA) is 75.4 Å². The van der Waals surface area contributed by atoms with E-state index >= 15 is 0 Å². The van der Waals surface area contributed by atoms with Crippen LogP contribution in [0.3, 0.4) is 0 Å². The van der Waals surface area contributed by atoms with Crippen LogP contribution in [0.5, 0.6) is 0 Å². The van der Waals surface area contributed by atoms with Crippen LogP contribution in [0.2, 0.25) is 5.02 Å². The summed E-state index contributed by atoms with van der Waals surface area (Å²) in [6.07, 6.45) is 3.18. The monoisotopic (exact) mass is 399 g/mol. The number of anilines is 1. The zero-order chi connectivity index (χ0) is 20.3. The minimum absolute atomic E-state index is 0.0552. The molecule has 2 aromatic carbocycles. The van der Waals surface area contributed by atoms with Gasteiger partial charge in [0.15, 0.2) is 0 Å². The van der Waals surface area contributed by atoms with Crippen LogP contribution in [0.4, 0.5) is 10.5 Å². The Morgan fingerprint density at radius 2 is 1.93 bits per heavy atom. The molecule has 1 aliphatic carbocycles. The molecule has 5 nitrogen and oxygen atoms in total. The summed E-state index contributed by atoms with van der Waals surface area (Å²) in [5.74, 6) is -0.596. The highest BCUT2D eigenvalue weighted by atomic mass is 35.5. The van der Waals surface area contributed by atoms with E-state index in [0.29, 0.717) is 12.2 Å². The molecule has 6 heteroatoms. The van der Waals surface area contributed by atoms with E-state index in [1.807, 2.05) is 35.2 Å². The second kappa shape index (κ2) is 8.23. The van der Waals surface area contributed by atoms with E-state index in [9.17, 15) is 9.59 Å². The highest BCUT2D eigenvalue weighted by Gasteiger charge is 2.40. The van der Waals surface area contributed by atoms with Crippen molar-refractivity contribution in [1.29, 1.82) is 0 Å². The van der Waals surface area contributed by atoms with Gasteiger partial charge >= 0.3 is 6.03 Å². The van der Waals surface area contributed by atoms with Gasteiger partial charge < -0.3 is 16.0 Å². The van der Waals surface area contributed by atoms with Crippen molar-refractivity contribution in [2.45, 2.75) is 45.7 Å². The van der Waals surface area contributed by atoms with Crippen molar-refractivity contribution in [1.82, 2.24) is 4.90 Å². The van der Waals surface area contributed by atoms with Gasteiger partial charge in [-0.3, -0.25) is 4.79 Å². The average molecular weight is 400 g/mol. The summed E-state index contributed by atoms with van der Waals surface area (Å²) < 4.78 is 0. The van der Waals surface area contributed by atoms with Crippen LogP contribution >= 0.6 is 11.6 Å². The number of benzene rings is 2. The summed E-state index contributed by atoms with van der Waals surface area (Å²) in [5.41, 5.74) is 7.20. The van der Waals surface area contributed by atoms with Crippen molar-refractivity contribution in [3.8, 4) is 0 Å². The molecule has 0 heterocycles. The second-order valence-electron chi connectivity index (χ2n) is 8.00. The number of amides is 3. The highest BCUT2D eigenvalue weighted by Crippen LogP contribution is 2.41. The molecule has 1 saturated carbocycles. The van der Waals surface area contributed by atoms with Crippen molar-refractivity contribution >= 4 is 29.2 Å². The lowest BCUT2D eigenvalue weighted by Gasteiger charge is -2.37. The number of halogens is 1. The summed E-state index contributed by atoms with van der Waals surface area (Å²) in [4.78, 5) is 26.5. The van der Waals surface area contributed by atoms with E-state index in [-0.39, 0.29) is 28.1 Å². The van der Waals surface area contributed by atoms with Gasteiger partial charge in [0, 0.05) is 18.3 Å². The van der Waals surface area contributed by atoms with Gasteiger partial charge in [0.1, 0.15) is 0 Å². The minimum atomic E-state index is -0.596. The molecule has 0 unspecified atom stereocenters. The minimum Gasteiger partial charge on any atom is -0.366 e. The Kier molecular flexibility index (Phi) is 5.94. The van der Waals surface area contributed by atoms with Crippen LogP contribution in [0.25, 0.3) is 0 Å². The van der Waals surface area contributed by atoms with Gasteiger partial charge in [0.05, 0.1) is 10.6 Å². The smallest absolute Gasteiger partial charge is 0.322 e. The molecule has 3 N–H and O–H groups in total. The first-order chi connectivity index (χ1) is 13.3. The Hall–Kier alpha value is -2.53.